The zero-order chi connectivity index (χ0) is 15.2. The number of pyridine rings is 2. The van der Waals surface area contributed by atoms with E-state index in [9.17, 15) is 4.39 Å². The Morgan fingerprint density at radius 3 is 2.76 bits per heavy atom. The van der Waals surface area contributed by atoms with Crippen molar-refractivity contribution in [2.24, 2.45) is 0 Å². The number of hydrogen-bond donors (Lipinski definition) is 1. The second kappa shape index (κ2) is 7.13. The van der Waals surface area contributed by atoms with E-state index < -0.39 is 0 Å². The van der Waals surface area contributed by atoms with Gasteiger partial charge >= 0.3 is 0 Å². The van der Waals surface area contributed by atoms with E-state index >= 15 is 0 Å². The number of aromatic nitrogens is 2. The van der Waals surface area contributed by atoms with Gasteiger partial charge in [0, 0.05) is 50.3 Å². The highest BCUT2D eigenvalue weighted by molar-refractivity contribution is 5.43. The van der Waals surface area contributed by atoms with Gasteiger partial charge in [0.25, 0.3) is 0 Å². The van der Waals surface area contributed by atoms with Crippen molar-refractivity contribution in [1.82, 2.24) is 15.3 Å². The molecule has 0 amide bonds. The van der Waals surface area contributed by atoms with Crippen LogP contribution in [0.15, 0.2) is 36.8 Å². The quantitative estimate of drug-likeness (QED) is 0.887. The summed E-state index contributed by atoms with van der Waals surface area (Å²) in [6.07, 6.45) is 5.15. The Labute approximate surface area is 125 Å². The third-order valence-electron chi connectivity index (χ3n) is 3.16. The molecule has 5 heteroatoms. The summed E-state index contributed by atoms with van der Waals surface area (Å²) in [7, 11) is 1.83. The first-order chi connectivity index (χ1) is 10.1. The van der Waals surface area contributed by atoms with Gasteiger partial charge in [0.15, 0.2) is 11.6 Å². The average molecular weight is 288 g/mol. The molecule has 0 bridgehead atoms. The highest BCUT2D eigenvalue weighted by Crippen LogP contribution is 2.20. The van der Waals surface area contributed by atoms with Gasteiger partial charge in [-0.25, -0.2) is 9.37 Å². The Morgan fingerprint density at radius 2 is 2.10 bits per heavy atom. The maximum atomic E-state index is 14.5. The zero-order valence-electron chi connectivity index (χ0n) is 12.7. The molecule has 112 valence electrons. The molecule has 0 radical (unpaired) electrons. The maximum Gasteiger partial charge on any atom is 0.170 e. The smallest absolute Gasteiger partial charge is 0.170 e. The average Bonchev–Trinajstić information content (AvgIpc) is 2.47. The minimum absolute atomic E-state index is 0.267. The molecule has 2 aromatic heterocycles. The predicted molar refractivity (Wildman–Crippen MR) is 82.5 cm³/mol. The molecule has 2 heterocycles. The van der Waals surface area contributed by atoms with Crippen molar-refractivity contribution in [1.29, 1.82) is 0 Å². The molecule has 0 aromatic carbocycles. The summed E-state index contributed by atoms with van der Waals surface area (Å²) in [5.41, 5.74) is 1.65. The van der Waals surface area contributed by atoms with Crippen LogP contribution in [0.25, 0.3) is 0 Å². The van der Waals surface area contributed by atoms with E-state index in [1.807, 2.05) is 33.0 Å². The number of nitrogens with one attached hydrogen (secondary N) is 1. The van der Waals surface area contributed by atoms with E-state index in [0.29, 0.717) is 30.5 Å². The minimum Gasteiger partial charge on any atom is -0.353 e. The summed E-state index contributed by atoms with van der Waals surface area (Å²) < 4.78 is 14.5. The van der Waals surface area contributed by atoms with Crippen molar-refractivity contribution >= 4 is 5.82 Å². The second-order valence-electron chi connectivity index (χ2n) is 5.36. The van der Waals surface area contributed by atoms with Crippen molar-refractivity contribution in [3.63, 3.8) is 0 Å². The maximum absolute atomic E-state index is 14.5. The number of halogens is 1. The highest BCUT2D eigenvalue weighted by atomic mass is 19.1. The van der Waals surface area contributed by atoms with Crippen LogP contribution in [0.4, 0.5) is 10.2 Å². The van der Waals surface area contributed by atoms with Crippen molar-refractivity contribution < 1.29 is 4.39 Å². The monoisotopic (exact) mass is 288 g/mol. The first kappa shape index (κ1) is 15.4. The Kier molecular flexibility index (Phi) is 5.22. The minimum atomic E-state index is -0.267. The van der Waals surface area contributed by atoms with Crippen molar-refractivity contribution in [2.75, 3.05) is 11.9 Å². The molecule has 21 heavy (non-hydrogen) atoms. The van der Waals surface area contributed by atoms with E-state index in [4.69, 9.17) is 0 Å². The van der Waals surface area contributed by atoms with Gasteiger partial charge in [-0.15, -0.1) is 0 Å². The molecule has 0 aliphatic heterocycles. The van der Waals surface area contributed by atoms with Crippen molar-refractivity contribution in [2.45, 2.75) is 33.0 Å². The lowest BCUT2D eigenvalue weighted by Gasteiger charge is -2.20. The number of nitrogens with zero attached hydrogens (tertiary/aromatic N) is 3. The Hall–Kier alpha value is -2.01. The Morgan fingerprint density at radius 1 is 1.29 bits per heavy atom. The highest BCUT2D eigenvalue weighted by Gasteiger charge is 2.13. The molecular weight excluding hydrogens is 267 g/mol. The van der Waals surface area contributed by atoms with Crippen LogP contribution in [0, 0.1) is 5.82 Å². The zero-order valence-corrected chi connectivity index (χ0v) is 12.7. The van der Waals surface area contributed by atoms with E-state index in [-0.39, 0.29) is 5.82 Å². The van der Waals surface area contributed by atoms with Gasteiger partial charge in [0.1, 0.15) is 0 Å². The van der Waals surface area contributed by atoms with Crippen LogP contribution in [-0.4, -0.2) is 23.1 Å². The lowest BCUT2D eigenvalue weighted by atomic mass is 10.2. The number of hydrogen-bond acceptors (Lipinski definition) is 4. The van der Waals surface area contributed by atoms with Crippen molar-refractivity contribution in [3.05, 3.63) is 53.7 Å². The summed E-state index contributed by atoms with van der Waals surface area (Å²) in [6.45, 7) is 5.14. The summed E-state index contributed by atoms with van der Waals surface area (Å²) in [4.78, 5) is 10.0. The van der Waals surface area contributed by atoms with Gasteiger partial charge in [-0.05, 0) is 17.7 Å². The molecule has 2 rings (SSSR count). The largest absolute Gasteiger partial charge is 0.353 e. The van der Waals surface area contributed by atoms with E-state index in [1.54, 1.807) is 29.6 Å². The normalized spacial score (nSPS) is 10.9. The molecule has 2 aromatic rings. The third kappa shape index (κ3) is 4.23. The van der Waals surface area contributed by atoms with Gasteiger partial charge in [0.05, 0.1) is 0 Å². The summed E-state index contributed by atoms with van der Waals surface area (Å²) in [6, 6.07) is 5.86. The fourth-order valence-electron chi connectivity index (χ4n) is 2.03. The standard InChI is InChI=1S/C16H21FN4/c1-12(2)20-10-14-6-8-19-16(15(14)17)21(3)11-13-5-4-7-18-9-13/h4-9,12,20H,10-11H2,1-3H3. The number of rotatable bonds is 6. The van der Waals surface area contributed by atoms with Crippen LogP contribution in [-0.2, 0) is 13.1 Å². The van der Waals surface area contributed by atoms with Gasteiger partial charge in [0.2, 0.25) is 0 Å². The summed E-state index contributed by atoms with van der Waals surface area (Å²) in [5, 5.41) is 3.22. The molecule has 0 saturated heterocycles. The van der Waals surface area contributed by atoms with Gasteiger partial charge in [-0.2, -0.15) is 0 Å². The van der Waals surface area contributed by atoms with E-state index in [2.05, 4.69) is 15.3 Å². The molecule has 0 fully saturated rings. The molecular formula is C16H21FN4. The second-order valence-corrected chi connectivity index (χ2v) is 5.36. The molecule has 0 atom stereocenters. The Balaban J connectivity index is 2.13. The van der Waals surface area contributed by atoms with Crippen LogP contribution in [0.2, 0.25) is 0 Å². The number of anilines is 1. The van der Waals surface area contributed by atoms with Gasteiger partial charge in [-0.1, -0.05) is 19.9 Å². The van der Waals surface area contributed by atoms with Gasteiger partial charge in [-0.3, -0.25) is 4.98 Å². The van der Waals surface area contributed by atoms with Crippen LogP contribution < -0.4 is 10.2 Å². The third-order valence-corrected chi connectivity index (χ3v) is 3.16. The first-order valence-corrected chi connectivity index (χ1v) is 7.04. The van der Waals surface area contributed by atoms with Crippen LogP contribution >= 0.6 is 0 Å². The first-order valence-electron chi connectivity index (χ1n) is 7.04. The molecule has 1 N–H and O–H groups in total. The lowest BCUT2D eigenvalue weighted by Crippen LogP contribution is -2.24. The molecule has 0 spiro atoms. The molecule has 0 unspecified atom stereocenters. The molecule has 0 aliphatic rings. The Bertz CT molecular complexity index is 572. The molecule has 4 nitrogen and oxygen atoms in total. The van der Waals surface area contributed by atoms with E-state index in [0.717, 1.165) is 5.56 Å². The molecule has 0 aliphatic carbocycles. The topological polar surface area (TPSA) is 41.1 Å². The van der Waals surface area contributed by atoms with Crippen molar-refractivity contribution in [3.8, 4) is 0 Å². The van der Waals surface area contributed by atoms with E-state index in [1.165, 1.54) is 0 Å². The molecule has 0 saturated carbocycles. The van der Waals surface area contributed by atoms with Gasteiger partial charge < -0.3 is 10.2 Å². The lowest BCUT2D eigenvalue weighted by molar-refractivity contribution is 0.548. The predicted octanol–water partition coefficient (Wildman–Crippen LogP) is 2.75. The fraction of sp³-hybridized carbons (Fsp3) is 0.375. The summed E-state index contributed by atoms with van der Waals surface area (Å²) in [5.74, 6) is 0.0962. The van der Waals surface area contributed by atoms with Crippen LogP contribution in [0.3, 0.4) is 0 Å². The summed E-state index contributed by atoms with van der Waals surface area (Å²) >= 11 is 0. The van der Waals surface area contributed by atoms with Crippen LogP contribution in [0.5, 0.6) is 0 Å². The van der Waals surface area contributed by atoms with Crippen LogP contribution in [0.1, 0.15) is 25.0 Å². The SMILES string of the molecule is CC(C)NCc1ccnc(N(C)Cc2cccnc2)c1F. The fourth-order valence-corrected chi connectivity index (χ4v) is 2.03.